The average molecular weight is 408 g/mol. The molecule has 0 bridgehead atoms. The van der Waals surface area contributed by atoms with E-state index in [0.717, 1.165) is 33.2 Å². The van der Waals surface area contributed by atoms with Crippen LogP contribution in [0.3, 0.4) is 0 Å². The van der Waals surface area contributed by atoms with Crippen molar-refractivity contribution < 1.29 is 4.74 Å². The van der Waals surface area contributed by atoms with Gasteiger partial charge in [0.25, 0.3) is 0 Å². The van der Waals surface area contributed by atoms with Crippen LogP contribution in [0.5, 0.6) is 5.75 Å². The van der Waals surface area contributed by atoms with E-state index in [0.29, 0.717) is 5.92 Å². The van der Waals surface area contributed by atoms with Crippen LogP contribution >= 0.6 is 15.9 Å². The molecule has 5 heteroatoms. The molecule has 5 rings (SSSR count). The highest BCUT2D eigenvalue weighted by atomic mass is 79.9. The fraction of sp³-hybridized carbons (Fsp3) is 0.238. The Kier molecular flexibility index (Phi) is 3.71. The second-order valence-corrected chi connectivity index (χ2v) is 7.69. The molecule has 130 valence electrons. The SMILES string of the molecule is COc1cc2c(cnc3c2c(C2CC2)nn3Cc2ccccc2)cc1Br. The number of aromatic nitrogens is 3. The first-order valence-corrected chi connectivity index (χ1v) is 9.60. The van der Waals surface area contributed by atoms with Crippen molar-refractivity contribution in [3.8, 4) is 5.75 Å². The molecule has 26 heavy (non-hydrogen) atoms. The van der Waals surface area contributed by atoms with Crippen LogP contribution in [0, 0.1) is 0 Å². The smallest absolute Gasteiger partial charge is 0.158 e. The molecule has 0 N–H and O–H groups in total. The fourth-order valence-electron chi connectivity index (χ4n) is 3.55. The molecule has 0 radical (unpaired) electrons. The van der Waals surface area contributed by atoms with Gasteiger partial charge >= 0.3 is 0 Å². The summed E-state index contributed by atoms with van der Waals surface area (Å²) in [6.45, 7) is 0.732. The summed E-state index contributed by atoms with van der Waals surface area (Å²) in [6.07, 6.45) is 4.35. The first-order valence-electron chi connectivity index (χ1n) is 8.81. The van der Waals surface area contributed by atoms with E-state index in [2.05, 4.69) is 52.3 Å². The highest BCUT2D eigenvalue weighted by Crippen LogP contribution is 2.45. The molecule has 0 atom stereocenters. The molecule has 0 unspecified atom stereocenters. The Morgan fingerprint density at radius 3 is 2.73 bits per heavy atom. The van der Waals surface area contributed by atoms with E-state index in [-0.39, 0.29) is 0 Å². The number of benzene rings is 2. The van der Waals surface area contributed by atoms with Gasteiger partial charge in [0.15, 0.2) is 5.65 Å². The largest absolute Gasteiger partial charge is 0.496 e. The van der Waals surface area contributed by atoms with E-state index in [1.807, 2.05) is 16.9 Å². The standard InChI is InChI=1S/C21H18BrN3O/c1-26-18-10-16-15(9-17(18)22)11-23-21-19(16)20(14-7-8-14)24-25(21)12-13-5-3-2-4-6-13/h2-6,9-11,14H,7-8,12H2,1H3. The molecule has 0 spiro atoms. The van der Waals surface area contributed by atoms with E-state index in [9.17, 15) is 0 Å². The third-order valence-electron chi connectivity index (χ3n) is 5.01. The molecule has 2 aromatic carbocycles. The number of fused-ring (bicyclic) bond motifs is 3. The van der Waals surface area contributed by atoms with Crippen LogP contribution in [-0.2, 0) is 6.54 Å². The van der Waals surface area contributed by atoms with Gasteiger partial charge in [-0.25, -0.2) is 9.67 Å². The summed E-state index contributed by atoms with van der Waals surface area (Å²) in [4.78, 5) is 4.77. The number of hydrogen-bond acceptors (Lipinski definition) is 3. The van der Waals surface area contributed by atoms with Crippen molar-refractivity contribution in [2.75, 3.05) is 7.11 Å². The zero-order chi connectivity index (χ0) is 17.7. The monoisotopic (exact) mass is 407 g/mol. The van der Waals surface area contributed by atoms with Gasteiger partial charge in [-0.3, -0.25) is 0 Å². The second kappa shape index (κ2) is 6.09. The van der Waals surface area contributed by atoms with Gasteiger partial charge in [0.1, 0.15) is 5.75 Å². The summed E-state index contributed by atoms with van der Waals surface area (Å²) in [5.41, 5.74) is 3.36. The predicted molar refractivity (Wildman–Crippen MR) is 107 cm³/mol. The summed E-state index contributed by atoms with van der Waals surface area (Å²) in [6, 6.07) is 14.6. The Balaban J connectivity index is 1.76. The molecular weight excluding hydrogens is 390 g/mol. The van der Waals surface area contributed by atoms with Crippen LogP contribution in [0.25, 0.3) is 21.8 Å². The second-order valence-electron chi connectivity index (χ2n) is 6.83. The van der Waals surface area contributed by atoms with Gasteiger partial charge in [-0.1, -0.05) is 30.3 Å². The lowest BCUT2D eigenvalue weighted by Gasteiger charge is -2.08. The topological polar surface area (TPSA) is 39.9 Å². The quantitative estimate of drug-likeness (QED) is 0.461. The Hall–Kier alpha value is -2.40. The van der Waals surface area contributed by atoms with Crippen molar-refractivity contribution in [3.05, 3.63) is 64.4 Å². The van der Waals surface area contributed by atoms with E-state index in [1.165, 1.54) is 29.5 Å². The van der Waals surface area contributed by atoms with Gasteiger partial charge in [0.2, 0.25) is 0 Å². The van der Waals surface area contributed by atoms with Crippen LogP contribution in [0.1, 0.15) is 30.0 Å². The molecule has 2 heterocycles. The van der Waals surface area contributed by atoms with Crippen LogP contribution in [0.4, 0.5) is 0 Å². The molecule has 1 aliphatic rings. The fourth-order valence-corrected chi connectivity index (χ4v) is 4.07. The molecule has 2 aromatic heterocycles. The van der Waals surface area contributed by atoms with Crippen molar-refractivity contribution in [1.29, 1.82) is 0 Å². The maximum absolute atomic E-state index is 5.53. The molecular formula is C21H18BrN3O. The Labute approximate surface area is 159 Å². The first kappa shape index (κ1) is 15.8. The lowest BCUT2D eigenvalue weighted by atomic mass is 10.1. The van der Waals surface area contributed by atoms with Crippen molar-refractivity contribution >= 4 is 37.7 Å². The third kappa shape index (κ3) is 2.58. The number of pyridine rings is 1. The maximum atomic E-state index is 5.53. The first-order chi connectivity index (χ1) is 12.7. The molecule has 4 aromatic rings. The lowest BCUT2D eigenvalue weighted by molar-refractivity contribution is 0.413. The zero-order valence-corrected chi connectivity index (χ0v) is 16.0. The lowest BCUT2D eigenvalue weighted by Crippen LogP contribution is -2.02. The molecule has 0 aliphatic heterocycles. The minimum Gasteiger partial charge on any atom is -0.496 e. The number of hydrogen-bond donors (Lipinski definition) is 0. The summed E-state index contributed by atoms with van der Waals surface area (Å²) in [5.74, 6) is 1.39. The number of methoxy groups -OCH3 is 1. The molecule has 0 amide bonds. The summed E-state index contributed by atoms with van der Waals surface area (Å²) >= 11 is 3.58. The Bertz CT molecular complexity index is 1120. The number of halogens is 1. The Morgan fingerprint density at radius 2 is 2.00 bits per heavy atom. The predicted octanol–water partition coefficient (Wildman–Crippen LogP) is 5.28. The van der Waals surface area contributed by atoms with Crippen molar-refractivity contribution in [3.63, 3.8) is 0 Å². The summed E-state index contributed by atoms with van der Waals surface area (Å²) < 4.78 is 8.52. The van der Waals surface area contributed by atoms with Gasteiger partial charge in [-0.05, 0) is 51.9 Å². The Morgan fingerprint density at radius 1 is 1.19 bits per heavy atom. The zero-order valence-electron chi connectivity index (χ0n) is 14.4. The molecule has 0 saturated heterocycles. The van der Waals surface area contributed by atoms with Gasteiger partial charge in [-0.15, -0.1) is 0 Å². The number of nitrogens with zero attached hydrogens (tertiary/aromatic N) is 3. The third-order valence-corrected chi connectivity index (χ3v) is 5.63. The molecule has 1 saturated carbocycles. The van der Waals surface area contributed by atoms with E-state index >= 15 is 0 Å². The van der Waals surface area contributed by atoms with Gasteiger partial charge in [0.05, 0.1) is 29.2 Å². The molecule has 1 fully saturated rings. The van der Waals surface area contributed by atoms with Crippen molar-refractivity contribution in [2.45, 2.75) is 25.3 Å². The average Bonchev–Trinajstić information content (AvgIpc) is 3.44. The van der Waals surface area contributed by atoms with Crippen LogP contribution in [0.15, 0.2) is 53.1 Å². The van der Waals surface area contributed by atoms with Crippen LogP contribution in [-0.4, -0.2) is 21.9 Å². The molecule has 4 nitrogen and oxygen atoms in total. The minimum absolute atomic E-state index is 0.552. The van der Waals surface area contributed by atoms with E-state index in [1.54, 1.807) is 7.11 Å². The van der Waals surface area contributed by atoms with Crippen molar-refractivity contribution in [2.24, 2.45) is 0 Å². The summed E-state index contributed by atoms with van der Waals surface area (Å²) in [5, 5.41) is 8.42. The maximum Gasteiger partial charge on any atom is 0.158 e. The highest BCUT2D eigenvalue weighted by molar-refractivity contribution is 9.10. The number of rotatable bonds is 4. The highest BCUT2D eigenvalue weighted by Gasteiger charge is 2.30. The molecule has 1 aliphatic carbocycles. The van der Waals surface area contributed by atoms with Gasteiger partial charge < -0.3 is 4.74 Å². The van der Waals surface area contributed by atoms with Crippen LogP contribution < -0.4 is 4.74 Å². The van der Waals surface area contributed by atoms with Gasteiger partial charge in [-0.2, -0.15) is 5.10 Å². The van der Waals surface area contributed by atoms with Gasteiger partial charge in [0, 0.05) is 17.5 Å². The number of ether oxygens (including phenoxy) is 1. The normalized spacial score (nSPS) is 14.2. The minimum atomic E-state index is 0.552. The van der Waals surface area contributed by atoms with E-state index in [4.69, 9.17) is 14.8 Å². The van der Waals surface area contributed by atoms with Crippen molar-refractivity contribution in [1.82, 2.24) is 14.8 Å². The van der Waals surface area contributed by atoms with E-state index < -0.39 is 0 Å². The van der Waals surface area contributed by atoms with Crippen LogP contribution in [0.2, 0.25) is 0 Å². The summed E-state index contributed by atoms with van der Waals surface area (Å²) in [7, 11) is 1.70.